The summed E-state index contributed by atoms with van der Waals surface area (Å²) in [6.45, 7) is 2.83. The number of carboxylic acid groups (broad SMARTS) is 1. The third-order valence-electron chi connectivity index (χ3n) is 2.47. The van der Waals surface area contributed by atoms with Crippen molar-refractivity contribution in [1.82, 2.24) is 10.6 Å². The molecule has 0 aromatic heterocycles. The summed E-state index contributed by atoms with van der Waals surface area (Å²) < 4.78 is 0. The van der Waals surface area contributed by atoms with Gasteiger partial charge in [-0.1, -0.05) is 0 Å². The molecule has 0 radical (unpaired) electrons. The number of carbonyl (C=O) groups excluding carboxylic acids is 2. The van der Waals surface area contributed by atoms with Crippen LogP contribution in [0.25, 0.3) is 0 Å². The molecule has 0 aromatic carbocycles. The molecular weight excluding hydrogens is 284 g/mol. The van der Waals surface area contributed by atoms with E-state index in [-0.39, 0.29) is 6.42 Å². The Kier molecular flexibility index (Phi) is 8.98. The smallest absolute Gasteiger partial charge is 0.325 e. The van der Waals surface area contributed by atoms with Crippen molar-refractivity contribution >= 4 is 29.5 Å². The number of aliphatic carboxylic acids is 1. The fraction of sp³-hybridized carbons (Fsp3) is 0.750. The first-order chi connectivity index (χ1) is 9.27. The van der Waals surface area contributed by atoms with E-state index in [0.29, 0.717) is 12.2 Å². The van der Waals surface area contributed by atoms with E-state index in [4.69, 9.17) is 10.2 Å². The molecule has 0 aromatic rings. The Hall–Kier alpha value is -1.28. The van der Waals surface area contributed by atoms with Crippen LogP contribution in [0.3, 0.4) is 0 Å². The summed E-state index contributed by atoms with van der Waals surface area (Å²) in [6, 6.07) is -1.82. The van der Waals surface area contributed by atoms with E-state index in [2.05, 4.69) is 10.6 Å². The molecule has 0 fully saturated rings. The predicted octanol–water partition coefficient (Wildman–Crippen LogP) is -0.415. The second-order valence-electron chi connectivity index (χ2n) is 4.52. The van der Waals surface area contributed by atoms with Gasteiger partial charge in [-0.15, -0.1) is 0 Å². The highest BCUT2D eigenvalue weighted by atomic mass is 32.2. The van der Waals surface area contributed by atoms with Crippen molar-refractivity contribution in [2.45, 2.75) is 44.9 Å². The quantitative estimate of drug-likeness (QED) is 0.460. The van der Waals surface area contributed by atoms with Crippen molar-refractivity contribution in [3.8, 4) is 0 Å². The van der Waals surface area contributed by atoms with Gasteiger partial charge in [0, 0.05) is 0 Å². The van der Waals surface area contributed by atoms with E-state index >= 15 is 0 Å². The summed E-state index contributed by atoms with van der Waals surface area (Å²) in [6.07, 6.45) is 1.37. The summed E-state index contributed by atoms with van der Waals surface area (Å²) in [5.41, 5.74) is 0. The van der Waals surface area contributed by atoms with Crippen LogP contribution in [0.15, 0.2) is 0 Å². The molecule has 20 heavy (non-hydrogen) atoms. The second-order valence-corrected chi connectivity index (χ2v) is 5.51. The molecule has 0 heterocycles. The van der Waals surface area contributed by atoms with Gasteiger partial charge >= 0.3 is 5.97 Å². The van der Waals surface area contributed by atoms with Crippen molar-refractivity contribution in [2.24, 2.45) is 0 Å². The number of aliphatic hydroxyl groups is 1. The maximum absolute atomic E-state index is 11.9. The van der Waals surface area contributed by atoms with Crippen LogP contribution in [0, 0.1) is 0 Å². The lowest BCUT2D eigenvalue weighted by atomic mass is 10.1. The third-order valence-corrected chi connectivity index (χ3v) is 3.12. The zero-order valence-electron chi connectivity index (χ0n) is 11.9. The number of rotatable bonds is 9. The summed E-state index contributed by atoms with van der Waals surface area (Å²) in [4.78, 5) is 34.2. The summed E-state index contributed by atoms with van der Waals surface area (Å²) >= 11 is 1.52. The molecule has 0 aliphatic carbocycles. The summed E-state index contributed by atoms with van der Waals surface area (Å²) in [7, 11) is 0. The van der Waals surface area contributed by atoms with Crippen LogP contribution in [0.1, 0.15) is 26.7 Å². The van der Waals surface area contributed by atoms with Crippen LogP contribution in [-0.2, 0) is 14.4 Å². The molecule has 2 amide bonds. The molecule has 0 bridgehead atoms. The van der Waals surface area contributed by atoms with Gasteiger partial charge < -0.3 is 20.8 Å². The Balaban J connectivity index is 4.57. The van der Waals surface area contributed by atoms with Gasteiger partial charge in [-0.2, -0.15) is 11.8 Å². The van der Waals surface area contributed by atoms with Crippen molar-refractivity contribution < 1.29 is 24.6 Å². The predicted molar refractivity (Wildman–Crippen MR) is 76.5 cm³/mol. The molecule has 0 aliphatic heterocycles. The molecular formula is C12H22N2O5S. The maximum Gasteiger partial charge on any atom is 0.325 e. The molecule has 4 N–H and O–H groups in total. The number of carboxylic acids is 1. The molecule has 0 saturated heterocycles. The number of nitrogens with one attached hydrogen (secondary N) is 2. The van der Waals surface area contributed by atoms with Gasteiger partial charge in [0.2, 0.25) is 11.8 Å². The van der Waals surface area contributed by atoms with Gasteiger partial charge in [0.1, 0.15) is 12.1 Å². The Morgan fingerprint density at radius 3 is 2.25 bits per heavy atom. The lowest BCUT2D eigenvalue weighted by Crippen LogP contribution is -2.51. The van der Waals surface area contributed by atoms with Gasteiger partial charge in [-0.25, -0.2) is 0 Å². The van der Waals surface area contributed by atoms with E-state index < -0.39 is 36.0 Å². The molecule has 0 rings (SSSR count). The first-order valence-corrected chi connectivity index (χ1v) is 7.66. The number of hydrogen-bond acceptors (Lipinski definition) is 5. The lowest BCUT2D eigenvalue weighted by Gasteiger charge is -2.20. The minimum atomic E-state index is -1.14. The SMILES string of the molecule is CSCCC(NC(=O)CC(C)O)C(=O)NC(C)C(=O)O. The van der Waals surface area contributed by atoms with E-state index in [9.17, 15) is 14.4 Å². The summed E-state index contributed by atoms with van der Waals surface area (Å²) in [5, 5.41) is 22.7. The monoisotopic (exact) mass is 306 g/mol. The highest BCUT2D eigenvalue weighted by molar-refractivity contribution is 7.98. The van der Waals surface area contributed by atoms with E-state index in [1.54, 1.807) is 0 Å². The lowest BCUT2D eigenvalue weighted by molar-refractivity contribution is -0.141. The van der Waals surface area contributed by atoms with Crippen molar-refractivity contribution in [1.29, 1.82) is 0 Å². The van der Waals surface area contributed by atoms with Crippen LogP contribution >= 0.6 is 11.8 Å². The Labute approximate surface area is 122 Å². The minimum Gasteiger partial charge on any atom is -0.480 e. The molecule has 0 spiro atoms. The van der Waals surface area contributed by atoms with Gasteiger partial charge in [0.25, 0.3) is 0 Å². The third kappa shape index (κ3) is 8.00. The zero-order valence-corrected chi connectivity index (χ0v) is 12.7. The Bertz CT molecular complexity index is 349. The second kappa shape index (κ2) is 9.60. The molecule has 3 atom stereocenters. The first kappa shape index (κ1) is 18.7. The molecule has 3 unspecified atom stereocenters. The van der Waals surface area contributed by atoms with Gasteiger partial charge in [0.05, 0.1) is 12.5 Å². The molecule has 116 valence electrons. The normalized spacial score (nSPS) is 15.0. The molecule has 7 nitrogen and oxygen atoms in total. The fourth-order valence-electron chi connectivity index (χ4n) is 1.40. The van der Waals surface area contributed by atoms with Gasteiger partial charge in [-0.3, -0.25) is 14.4 Å². The van der Waals surface area contributed by atoms with E-state index in [1.807, 2.05) is 6.26 Å². The highest BCUT2D eigenvalue weighted by Crippen LogP contribution is 2.03. The topological polar surface area (TPSA) is 116 Å². The number of aliphatic hydroxyl groups excluding tert-OH is 1. The van der Waals surface area contributed by atoms with Crippen molar-refractivity contribution in [3.63, 3.8) is 0 Å². The van der Waals surface area contributed by atoms with Crippen LogP contribution in [-0.4, -0.2) is 58.2 Å². The number of carbonyl (C=O) groups is 3. The molecule has 8 heteroatoms. The number of hydrogen-bond donors (Lipinski definition) is 4. The highest BCUT2D eigenvalue weighted by Gasteiger charge is 2.24. The van der Waals surface area contributed by atoms with E-state index in [1.165, 1.54) is 25.6 Å². The van der Waals surface area contributed by atoms with Crippen molar-refractivity contribution in [3.05, 3.63) is 0 Å². The Morgan fingerprint density at radius 2 is 1.80 bits per heavy atom. The number of thioether (sulfide) groups is 1. The number of amides is 2. The minimum absolute atomic E-state index is 0.0997. The molecule has 0 aliphatic rings. The van der Waals surface area contributed by atoms with Crippen LogP contribution in [0.4, 0.5) is 0 Å². The van der Waals surface area contributed by atoms with Gasteiger partial charge in [0.15, 0.2) is 0 Å². The molecule has 0 saturated carbocycles. The van der Waals surface area contributed by atoms with E-state index in [0.717, 1.165) is 0 Å². The van der Waals surface area contributed by atoms with Crippen LogP contribution in [0.5, 0.6) is 0 Å². The largest absolute Gasteiger partial charge is 0.480 e. The Morgan fingerprint density at radius 1 is 1.20 bits per heavy atom. The van der Waals surface area contributed by atoms with Crippen LogP contribution < -0.4 is 10.6 Å². The zero-order chi connectivity index (χ0) is 15.7. The summed E-state index contributed by atoms with van der Waals surface area (Å²) in [5.74, 6) is -1.47. The fourth-order valence-corrected chi connectivity index (χ4v) is 1.87. The first-order valence-electron chi connectivity index (χ1n) is 6.27. The standard InChI is InChI=1S/C12H22N2O5S/c1-7(15)6-10(16)14-9(4-5-20-3)11(17)13-8(2)12(18)19/h7-9,15H,4-6H2,1-3H3,(H,13,17)(H,14,16)(H,18,19). The maximum atomic E-state index is 11.9. The average molecular weight is 306 g/mol. The average Bonchev–Trinajstić information content (AvgIpc) is 2.32. The van der Waals surface area contributed by atoms with Crippen molar-refractivity contribution in [2.75, 3.05) is 12.0 Å². The van der Waals surface area contributed by atoms with Gasteiger partial charge in [-0.05, 0) is 32.3 Å². The van der Waals surface area contributed by atoms with Crippen LogP contribution in [0.2, 0.25) is 0 Å².